The molecule has 1 fully saturated rings. The Kier molecular flexibility index (Phi) is 4.40. The number of carbonyl (C=O) groups is 2. The van der Waals surface area contributed by atoms with Gasteiger partial charge in [0.1, 0.15) is 0 Å². The molecule has 2 aromatic heterocycles. The fourth-order valence-corrected chi connectivity index (χ4v) is 4.08. The second-order valence-corrected chi connectivity index (χ2v) is 7.84. The van der Waals surface area contributed by atoms with Crippen LogP contribution in [0.25, 0.3) is 16.8 Å². The van der Waals surface area contributed by atoms with Gasteiger partial charge in [-0.05, 0) is 54.7 Å². The summed E-state index contributed by atoms with van der Waals surface area (Å²) in [5, 5.41) is 9.58. The monoisotopic (exact) mass is 416 g/mol. The highest BCUT2D eigenvalue weighted by Gasteiger charge is 2.31. The summed E-state index contributed by atoms with van der Waals surface area (Å²) in [6.07, 6.45) is 3.92. The topological polar surface area (TPSA) is 71.7 Å². The molecule has 0 amide bonds. The van der Waals surface area contributed by atoms with Crippen LogP contribution in [0.1, 0.15) is 50.9 Å². The van der Waals surface area contributed by atoms with Gasteiger partial charge in [-0.15, -0.1) is 0 Å². The van der Waals surface area contributed by atoms with Crippen molar-refractivity contribution in [2.75, 3.05) is 0 Å². The number of nitrogens with zero attached hydrogens (tertiary/aromatic N) is 2. The molecule has 0 spiro atoms. The number of aromatic carboxylic acids is 1. The van der Waals surface area contributed by atoms with Gasteiger partial charge in [0.15, 0.2) is 5.82 Å². The molecule has 0 atom stereocenters. The number of fused-ring (bicyclic) bond motifs is 1. The standard InChI is InChI=1S/C24H17ClN2O3/c25-18-5-3-4-17(14-7-8-14)20(18)22(28)23-26-21(19-6-1-2-13-27(19)23)15-9-11-16(12-10-15)24(29)30/h1-6,9-14H,7-8H2,(H,29,30). The maximum absolute atomic E-state index is 13.6. The third-order valence-corrected chi connectivity index (χ3v) is 5.76. The molecule has 0 saturated heterocycles. The largest absolute Gasteiger partial charge is 0.478 e. The van der Waals surface area contributed by atoms with Crippen LogP contribution in [-0.2, 0) is 0 Å². The first-order chi connectivity index (χ1) is 14.5. The van der Waals surface area contributed by atoms with Crippen molar-refractivity contribution in [2.45, 2.75) is 18.8 Å². The summed E-state index contributed by atoms with van der Waals surface area (Å²) in [5.74, 6) is -0.537. The fraction of sp³-hybridized carbons (Fsp3) is 0.125. The van der Waals surface area contributed by atoms with Gasteiger partial charge in [-0.3, -0.25) is 9.20 Å². The average molecular weight is 417 g/mol. The van der Waals surface area contributed by atoms with Crippen LogP contribution in [-0.4, -0.2) is 26.2 Å². The second-order valence-electron chi connectivity index (χ2n) is 7.43. The first kappa shape index (κ1) is 18.6. The van der Waals surface area contributed by atoms with Crippen molar-refractivity contribution in [3.05, 3.63) is 94.4 Å². The minimum absolute atomic E-state index is 0.198. The summed E-state index contributed by atoms with van der Waals surface area (Å²) in [4.78, 5) is 29.4. The first-order valence-electron chi connectivity index (χ1n) is 9.68. The van der Waals surface area contributed by atoms with Crippen molar-refractivity contribution >= 4 is 28.9 Å². The summed E-state index contributed by atoms with van der Waals surface area (Å²) in [6, 6.07) is 17.7. The fourth-order valence-electron chi connectivity index (χ4n) is 3.81. The Morgan fingerprint density at radius 1 is 1.00 bits per heavy atom. The van der Waals surface area contributed by atoms with E-state index in [0.717, 1.165) is 29.5 Å². The Morgan fingerprint density at radius 3 is 2.47 bits per heavy atom. The molecule has 0 radical (unpaired) electrons. The number of carbonyl (C=O) groups excluding carboxylic acids is 1. The van der Waals surface area contributed by atoms with Crippen LogP contribution >= 0.6 is 11.6 Å². The van der Waals surface area contributed by atoms with E-state index < -0.39 is 5.97 Å². The van der Waals surface area contributed by atoms with Gasteiger partial charge in [-0.1, -0.05) is 41.9 Å². The molecule has 148 valence electrons. The van der Waals surface area contributed by atoms with Gasteiger partial charge in [-0.25, -0.2) is 9.78 Å². The number of ketones is 1. The third-order valence-electron chi connectivity index (χ3n) is 5.45. The lowest BCUT2D eigenvalue weighted by Gasteiger charge is -2.09. The number of aromatic nitrogens is 2. The van der Waals surface area contributed by atoms with E-state index >= 15 is 0 Å². The molecule has 4 aromatic rings. The molecule has 5 nitrogen and oxygen atoms in total. The molecule has 6 heteroatoms. The van der Waals surface area contributed by atoms with Gasteiger partial charge < -0.3 is 5.11 Å². The highest BCUT2D eigenvalue weighted by Crippen LogP contribution is 2.43. The molecule has 0 unspecified atom stereocenters. The molecule has 2 heterocycles. The van der Waals surface area contributed by atoms with E-state index in [-0.39, 0.29) is 17.2 Å². The maximum atomic E-state index is 13.6. The third kappa shape index (κ3) is 3.08. The number of halogens is 1. The minimum atomic E-state index is -0.988. The lowest BCUT2D eigenvalue weighted by Crippen LogP contribution is -2.10. The number of rotatable bonds is 5. The Labute approximate surface area is 177 Å². The van der Waals surface area contributed by atoms with Gasteiger partial charge in [-0.2, -0.15) is 0 Å². The minimum Gasteiger partial charge on any atom is -0.478 e. The van der Waals surface area contributed by atoms with Crippen molar-refractivity contribution in [3.8, 4) is 11.3 Å². The van der Waals surface area contributed by atoms with E-state index in [4.69, 9.17) is 16.7 Å². The van der Waals surface area contributed by atoms with Crippen LogP contribution in [0.3, 0.4) is 0 Å². The molecule has 30 heavy (non-hydrogen) atoms. The molecule has 1 aliphatic carbocycles. The van der Waals surface area contributed by atoms with Gasteiger partial charge in [0.2, 0.25) is 5.78 Å². The number of hydrogen-bond donors (Lipinski definition) is 1. The lowest BCUT2D eigenvalue weighted by atomic mass is 9.99. The summed E-state index contributed by atoms with van der Waals surface area (Å²) in [7, 11) is 0. The van der Waals surface area contributed by atoms with E-state index in [2.05, 4.69) is 4.98 Å². The highest BCUT2D eigenvalue weighted by molar-refractivity contribution is 6.35. The molecule has 0 aliphatic heterocycles. The SMILES string of the molecule is O=C(O)c1ccc(-c2nc(C(=O)c3c(Cl)cccc3C3CC3)n3ccccc23)cc1. The number of hydrogen-bond acceptors (Lipinski definition) is 3. The molecular weight excluding hydrogens is 400 g/mol. The number of imidazole rings is 1. The smallest absolute Gasteiger partial charge is 0.335 e. The van der Waals surface area contributed by atoms with Crippen molar-refractivity contribution < 1.29 is 14.7 Å². The second kappa shape index (κ2) is 7.11. The van der Waals surface area contributed by atoms with Crippen LogP contribution in [0.15, 0.2) is 66.9 Å². The molecule has 1 aliphatic rings. The Bertz CT molecular complexity index is 1300. The average Bonchev–Trinajstić information content (AvgIpc) is 3.53. The van der Waals surface area contributed by atoms with Crippen molar-refractivity contribution in [2.24, 2.45) is 0 Å². The number of carboxylic acids is 1. The number of pyridine rings is 1. The van der Waals surface area contributed by atoms with E-state index in [0.29, 0.717) is 22.2 Å². The van der Waals surface area contributed by atoms with Crippen LogP contribution in [0, 0.1) is 0 Å². The quantitative estimate of drug-likeness (QED) is 0.438. The number of benzene rings is 2. The van der Waals surface area contributed by atoms with Crippen LogP contribution in [0.5, 0.6) is 0 Å². The Morgan fingerprint density at radius 2 is 1.77 bits per heavy atom. The summed E-state index contributed by atoms with van der Waals surface area (Å²) in [5.41, 5.74) is 3.82. The zero-order valence-electron chi connectivity index (χ0n) is 15.9. The predicted octanol–water partition coefficient (Wildman–Crippen LogP) is 5.46. The molecule has 5 rings (SSSR count). The summed E-state index contributed by atoms with van der Waals surface area (Å²) < 4.78 is 1.77. The molecule has 0 bridgehead atoms. The van der Waals surface area contributed by atoms with E-state index in [1.165, 1.54) is 12.1 Å². The van der Waals surface area contributed by atoms with Crippen molar-refractivity contribution in [3.63, 3.8) is 0 Å². The van der Waals surface area contributed by atoms with Gasteiger partial charge in [0.25, 0.3) is 0 Å². The van der Waals surface area contributed by atoms with E-state index in [1.807, 2.05) is 30.3 Å². The zero-order chi connectivity index (χ0) is 20.8. The van der Waals surface area contributed by atoms with Crippen LogP contribution in [0.2, 0.25) is 5.02 Å². The summed E-state index contributed by atoms with van der Waals surface area (Å²) >= 11 is 6.45. The van der Waals surface area contributed by atoms with Crippen LogP contribution < -0.4 is 0 Å². The van der Waals surface area contributed by atoms with E-state index in [1.54, 1.807) is 28.8 Å². The molecule has 2 aromatic carbocycles. The highest BCUT2D eigenvalue weighted by atomic mass is 35.5. The lowest BCUT2D eigenvalue weighted by molar-refractivity contribution is 0.0696. The Balaban J connectivity index is 1.67. The molecule has 1 N–H and O–H groups in total. The zero-order valence-corrected chi connectivity index (χ0v) is 16.6. The maximum Gasteiger partial charge on any atom is 0.335 e. The van der Waals surface area contributed by atoms with Gasteiger partial charge in [0.05, 0.1) is 21.8 Å². The van der Waals surface area contributed by atoms with E-state index in [9.17, 15) is 9.59 Å². The Hall–Kier alpha value is -3.44. The predicted molar refractivity (Wildman–Crippen MR) is 114 cm³/mol. The molecule has 1 saturated carbocycles. The first-order valence-corrected chi connectivity index (χ1v) is 10.1. The van der Waals surface area contributed by atoms with Gasteiger partial charge in [0, 0.05) is 17.3 Å². The van der Waals surface area contributed by atoms with Crippen LogP contribution in [0.4, 0.5) is 0 Å². The normalized spacial score (nSPS) is 13.5. The van der Waals surface area contributed by atoms with Crippen molar-refractivity contribution in [1.29, 1.82) is 0 Å². The number of carboxylic acid groups (broad SMARTS) is 1. The van der Waals surface area contributed by atoms with Crippen molar-refractivity contribution in [1.82, 2.24) is 9.38 Å². The summed E-state index contributed by atoms with van der Waals surface area (Å²) in [6.45, 7) is 0. The van der Waals surface area contributed by atoms with Gasteiger partial charge >= 0.3 is 5.97 Å². The molecular formula is C24H17ClN2O3.